The van der Waals surface area contributed by atoms with E-state index in [2.05, 4.69) is 10.3 Å². The van der Waals surface area contributed by atoms with Crippen molar-refractivity contribution >= 4 is 17.1 Å². The van der Waals surface area contributed by atoms with Crippen LogP contribution in [-0.4, -0.2) is 31.9 Å². The Bertz CT molecular complexity index is 1630. The van der Waals surface area contributed by atoms with E-state index in [4.69, 9.17) is 4.74 Å². The summed E-state index contributed by atoms with van der Waals surface area (Å²) in [5.41, 5.74) is 0.793. The number of nitrogens with one attached hydrogen (secondary N) is 1. The number of carbonyl (C=O) groups excluding carboxylic acids is 1. The van der Waals surface area contributed by atoms with Gasteiger partial charge in [0.2, 0.25) is 0 Å². The van der Waals surface area contributed by atoms with Crippen molar-refractivity contribution in [2.24, 2.45) is 0 Å². The lowest BCUT2D eigenvalue weighted by Crippen LogP contribution is -2.45. The highest BCUT2D eigenvalue weighted by molar-refractivity contribution is 5.76. The van der Waals surface area contributed by atoms with Crippen molar-refractivity contribution in [2.75, 3.05) is 0 Å². The molecule has 0 radical (unpaired) electrons. The molecule has 1 fully saturated rings. The van der Waals surface area contributed by atoms with Crippen LogP contribution in [0.5, 0.6) is 0 Å². The number of hydrogen-bond acceptors (Lipinski definition) is 5. The summed E-state index contributed by atoms with van der Waals surface area (Å²) in [6, 6.07) is 17.7. The topological polar surface area (TPSA) is 95.2 Å². The van der Waals surface area contributed by atoms with Crippen molar-refractivity contribution in [3.8, 4) is 16.8 Å². The van der Waals surface area contributed by atoms with Crippen LogP contribution in [0.3, 0.4) is 0 Å². The molecule has 2 aromatic heterocycles. The van der Waals surface area contributed by atoms with E-state index in [9.17, 15) is 18.8 Å². The fraction of sp³-hybridized carbons (Fsp3) is 0.333. The van der Waals surface area contributed by atoms with Crippen LogP contribution >= 0.6 is 0 Å². The standard InChI is InChI=1S/C30H31FN4O4/c1-30(2,3)39-28(37)33-22-12-14-23(15-13-22)35-27(36)25-17-21(31)18-32-26(25)34(29(35)38)24-11-7-10-20(16-24)19-8-5-4-6-9-19/h4-11,16-18,22-23H,12-15H2,1-3H3,(H,33,37). The highest BCUT2D eigenvalue weighted by Crippen LogP contribution is 2.28. The number of halogens is 1. The normalized spacial score (nSPS) is 17.6. The lowest BCUT2D eigenvalue weighted by Gasteiger charge is -2.31. The number of rotatable bonds is 4. The molecular weight excluding hydrogens is 499 g/mol. The van der Waals surface area contributed by atoms with E-state index in [1.54, 1.807) is 26.8 Å². The molecule has 39 heavy (non-hydrogen) atoms. The number of benzene rings is 2. The molecule has 2 heterocycles. The van der Waals surface area contributed by atoms with E-state index in [-0.39, 0.29) is 17.1 Å². The van der Waals surface area contributed by atoms with Gasteiger partial charge in [0.1, 0.15) is 11.4 Å². The van der Waals surface area contributed by atoms with Gasteiger partial charge in [0, 0.05) is 12.1 Å². The average molecular weight is 531 g/mol. The first-order valence-electron chi connectivity index (χ1n) is 13.1. The van der Waals surface area contributed by atoms with Crippen molar-refractivity contribution in [1.29, 1.82) is 0 Å². The molecule has 0 spiro atoms. The van der Waals surface area contributed by atoms with Gasteiger partial charge in [-0.15, -0.1) is 0 Å². The Labute approximate surface area is 225 Å². The van der Waals surface area contributed by atoms with Gasteiger partial charge in [0.25, 0.3) is 5.56 Å². The molecule has 5 rings (SSSR count). The fourth-order valence-corrected chi connectivity index (χ4v) is 5.15. The summed E-state index contributed by atoms with van der Waals surface area (Å²) in [6.45, 7) is 5.40. The van der Waals surface area contributed by atoms with Crippen LogP contribution in [0, 0.1) is 5.82 Å². The molecule has 1 saturated carbocycles. The average Bonchev–Trinajstić information content (AvgIpc) is 2.90. The minimum Gasteiger partial charge on any atom is -0.444 e. The van der Waals surface area contributed by atoms with E-state index < -0.39 is 34.8 Å². The number of amides is 1. The maximum Gasteiger partial charge on any atom is 0.407 e. The van der Waals surface area contributed by atoms with Gasteiger partial charge in [0.05, 0.1) is 17.3 Å². The van der Waals surface area contributed by atoms with Crippen molar-refractivity contribution in [3.63, 3.8) is 0 Å². The molecule has 0 saturated heterocycles. The Kier molecular flexibility index (Phi) is 7.08. The van der Waals surface area contributed by atoms with Crippen molar-refractivity contribution < 1.29 is 13.9 Å². The molecule has 202 valence electrons. The number of pyridine rings is 1. The van der Waals surface area contributed by atoms with E-state index in [1.165, 1.54) is 9.13 Å². The second-order valence-corrected chi connectivity index (χ2v) is 10.9. The fourth-order valence-electron chi connectivity index (χ4n) is 5.15. The third-order valence-electron chi connectivity index (χ3n) is 6.89. The second kappa shape index (κ2) is 10.5. The maximum absolute atomic E-state index is 14.3. The Morgan fingerprint density at radius 1 is 0.974 bits per heavy atom. The molecule has 1 aliphatic carbocycles. The van der Waals surface area contributed by atoms with Crippen molar-refractivity contribution in [3.05, 3.63) is 93.5 Å². The summed E-state index contributed by atoms with van der Waals surface area (Å²) in [4.78, 5) is 43.9. The summed E-state index contributed by atoms with van der Waals surface area (Å²) in [5, 5.41) is 2.92. The number of ether oxygens (including phenoxy) is 1. The second-order valence-electron chi connectivity index (χ2n) is 10.9. The summed E-state index contributed by atoms with van der Waals surface area (Å²) in [6.07, 6.45) is 2.65. The van der Waals surface area contributed by atoms with Gasteiger partial charge in [-0.05, 0) is 75.8 Å². The minimum absolute atomic E-state index is 0.0358. The lowest BCUT2D eigenvalue weighted by atomic mass is 9.91. The first-order chi connectivity index (χ1) is 18.6. The number of fused-ring (bicyclic) bond motifs is 1. The van der Waals surface area contributed by atoms with Gasteiger partial charge in [-0.25, -0.2) is 23.5 Å². The van der Waals surface area contributed by atoms with Gasteiger partial charge < -0.3 is 10.1 Å². The van der Waals surface area contributed by atoms with Crippen LogP contribution in [0.4, 0.5) is 9.18 Å². The van der Waals surface area contributed by atoms with E-state index in [1.807, 2.05) is 48.5 Å². The third-order valence-corrected chi connectivity index (χ3v) is 6.89. The van der Waals surface area contributed by atoms with Crippen LogP contribution in [0.25, 0.3) is 27.8 Å². The highest BCUT2D eigenvalue weighted by atomic mass is 19.1. The van der Waals surface area contributed by atoms with E-state index >= 15 is 0 Å². The van der Waals surface area contributed by atoms with Crippen molar-refractivity contribution in [2.45, 2.75) is 64.1 Å². The predicted molar refractivity (Wildman–Crippen MR) is 148 cm³/mol. The summed E-state index contributed by atoms with van der Waals surface area (Å²) < 4.78 is 22.2. The molecule has 0 atom stereocenters. The molecular formula is C30H31FN4O4. The first kappa shape index (κ1) is 26.3. The predicted octanol–water partition coefficient (Wildman–Crippen LogP) is 5.36. The van der Waals surface area contributed by atoms with Gasteiger partial charge in [0.15, 0.2) is 5.65 Å². The Morgan fingerprint density at radius 3 is 2.36 bits per heavy atom. The summed E-state index contributed by atoms with van der Waals surface area (Å²) >= 11 is 0. The zero-order chi connectivity index (χ0) is 27.7. The van der Waals surface area contributed by atoms with Gasteiger partial charge in [-0.3, -0.25) is 9.36 Å². The number of hydrogen-bond donors (Lipinski definition) is 1. The molecule has 4 aromatic rings. The van der Waals surface area contributed by atoms with Crippen molar-refractivity contribution in [1.82, 2.24) is 19.4 Å². The SMILES string of the molecule is CC(C)(C)OC(=O)NC1CCC(n2c(=O)c3cc(F)cnc3n(-c3cccc(-c4ccccc4)c3)c2=O)CC1. The molecule has 0 bridgehead atoms. The molecule has 8 nitrogen and oxygen atoms in total. The van der Waals surface area contributed by atoms with Crippen LogP contribution in [0.2, 0.25) is 0 Å². The third kappa shape index (κ3) is 5.62. The number of nitrogens with zero attached hydrogens (tertiary/aromatic N) is 3. The summed E-state index contributed by atoms with van der Waals surface area (Å²) in [5.74, 6) is -0.653. The molecule has 9 heteroatoms. The quantitative estimate of drug-likeness (QED) is 0.383. The van der Waals surface area contributed by atoms with E-state index in [0.29, 0.717) is 31.4 Å². The number of carbonyl (C=O) groups is 1. The Balaban J connectivity index is 1.53. The lowest BCUT2D eigenvalue weighted by molar-refractivity contribution is 0.0487. The highest BCUT2D eigenvalue weighted by Gasteiger charge is 2.29. The molecule has 1 amide bonds. The molecule has 0 unspecified atom stereocenters. The maximum atomic E-state index is 14.3. The van der Waals surface area contributed by atoms with Crippen LogP contribution in [0.1, 0.15) is 52.5 Å². The minimum atomic E-state index is -0.653. The molecule has 0 aliphatic heterocycles. The van der Waals surface area contributed by atoms with Crippen LogP contribution in [0.15, 0.2) is 76.4 Å². The van der Waals surface area contributed by atoms with Crippen LogP contribution < -0.4 is 16.6 Å². The monoisotopic (exact) mass is 530 g/mol. The smallest absolute Gasteiger partial charge is 0.407 e. The van der Waals surface area contributed by atoms with Gasteiger partial charge in [-0.1, -0.05) is 42.5 Å². The number of alkyl carbamates (subject to hydrolysis) is 1. The largest absolute Gasteiger partial charge is 0.444 e. The summed E-state index contributed by atoms with van der Waals surface area (Å²) in [7, 11) is 0. The zero-order valence-electron chi connectivity index (χ0n) is 22.2. The van der Waals surface area contributed by atoms with Crippen LogP contribution in [-0.2, 0) is 4.74 Å². The van der Waals surface area contributed by atoms with E-state index in [0.717, 1.165) is 23.4 Å². The zero-order valence-corrected chi connectivity index (χ0v) is 22.2. The Morgan fingerprint density at radius 2 is 1.67 bits per heavy atom. The van der Waals surface area contributed by atoms with Gasteiger partial charge >= 0.3 is 11.8 Å². The Hall–Kier alpha value is -4.27. The first-order valence-corrected chi connectivity index (χ1v) is 13.1. The number of aromatic nitrogens is 3. The molecule has 2 aromatic carbocycles. The molecule has 1 N–H and O–H groups in total. The molecule has 1 aliphatic rings. The van der Waals surface area contributed by atoms with Gasteiger partial charge in [-0.2, -0.15) is 0 Å².